The summed E-state index contributed by atoms with van der Waals surface area (Å²) < 4.78 is 21.8. The smallest absolute Gasteiger partial charge is 0.166 e. The first kappa shape index (κ1) is 30.6. The largest absolute Gasteiger partial charge is 0.507 e. The number of rotatable bonds is 13. The number of nitrogens with zero attached hydrogens (tertiary/aromatic N) is 2. The fraction of sp³-hybridized carbons (Fsp3) is 0.375. The number of hydrogen-bond donors (Lipinski definition) is 1. The molecule has 0 fully saturated rings. The summed E-state index contributed by atoms with van der Waals surface area (Å²) in [5.74, 6) is 1.34. The summed E-state index contributed by atoms with van der Waals surface area (Å²) in [5, 5.41) is 10.5. The number of benzene rings is 2. The summed E-state index contributed by atoms with van der Waals surface area (Å²) >= 11 is 0. The van der Waals surface area contributed by atoms with Crippen LogP contribution in [0.1, 0.15) is 68.7 Å². The highest BCUT2D eigenvalue weighted by Gasteiger charge is 2.17. The van der Waals surface area contributed by atoms with Crippen LogP contribution in [0, 0.1) is 12.8 Å². The van der Waals surface area contributed by atoms with Gasteiger partial charge >= 0.3 is 0 Å². The second kappa shape index (κ2) is 15.6. The predicted octanol–water partition coefficient (Wildman–Crippen LogP) is 8.26. The maximum absolute atomic E-state index is 13.9. The van der Waals surface area contributed by atoms with E-state index in [-0.39, 0.29) is 17.5 Å². The van der Waals surface area contributed by atoms with Gasteiger partial charge in [0.05, 0.1) is 23.2 Å². The van der Waals surface area contributed by atoms with E-state index in [1.807, 2.05) is 52.0 Å². The van der Waals surface area contributed by atoms with Gasteiger partial charge in [0, 0.05) is 24.1 Å². The standard InChI is InChI=1S/C30H35FN2O3.C2H6/c1-5-6-7-12-23(20-31)30-32-25-13-8-9-14-26(25)33(30)17-10-11-18-36-28-16-15-24(29(35)22(28)4)27(34)19-21(2)3;1-2/h5-9,12-16,21,35H,1,10-11,17-20H2,2-4H3;1-2H3/b7-6-,23-12+;. The third kappa shape index (κ3) is 7.91. The minimum absolute atomic E-state index is 0.0104. The normalized spacial score (nSPS) is 11.6. The van der Waals surface area contributed by atoms with Crippen LogP contribution in [0.15, 0.2) is 67.3 Å². The van der Waals surface area contributed by atoms with E-state index in [0.717, 1.165) is 23.9 Å². The molecule has 2 aromatic carbocycles. The maximum Gasteiger partial charge on any atom is 0.166 e. The van der Waals surface area contributed by atoms with Crippen molar-refractivity contribution in [1.82, 2.24) is 9.55 Å². The molecule has 0 bridgehead atoms. The number of carbonyl (C=O) groups excluding carboxylic acids is 1. The highest BCUT2D eigenvalue weighted by Crippen LogP contribution is 2.32. The Labute approximate surface area is 226 Å². The topological polar surface area (TPSA) is 64.4 Å². The molecule has 3 aromatic rings. The van der Waals surface area contributed by atoms with Gasteiger partial charge in [0.2, 0.25) is 0 Å². The second-order valence-electron chi connectivity index (χ2n) is 9.18. The molecular formula is C32H41FN2O3. The minimum Gasteiger partial charge on any atom is -0.507 e. The molecule has 0 aliphatic carbocycles. The molecule has 3 rings (SSSR count). The Kier molecular flexibility index (Phi) is 12.5. The number of allylic oxidation sites excluding steroid dienone is 5. The summed E-state index contributed by atoms with van der Waals surface area (Å²) in [4.78, 5) is 17.1. The number of alkyl halides is 1. The number of fused-ring (bicyclic) bond motifs is 1. The van der Waals surface area contributed by atoms with Gasteiger partial charge < -0.3 is 14.4 Å². The van der Waals surface area contributed by atoms with Gasteiger partial charge in [0.15, 0.2) is 5.78 Å². The minimum atomic E-state index is -0.619. The zero-order chi connectivity index (χ0) is 28.1. The van der Waals surface area contributed by atoms with Crippen molar-refractivity contribution >= 4 is 22.4 Å². The summed E-state index contributed by atoms with van der Waals surface area (Å²) in [6.45, 7) is 13.9. The number of phenolic OH excluding ortho intramolecular Hbond substituents is 1. The molecule has 0 aliphatic heterocycles. The molecule has 0 spiro atoms. The molecule has 0 aliphatic rings. The number of para-hydroxylation sites is 2. The lowest BCUT2D eigenvalue weighted by atomic mass is 9.98. The summed E-state index contributed by atoms with van der Waals surface area (Å²) in [7, 11) is 0. The average Bonchev–Trinajstić information content (AvgIpc) is 3.27. The van der Waals surface area contributed by atoms with Crippen LogP contribution in [-0.4, -0.2) is 33.7 Å². The van der Waals surface area contributed by atoms with Crippen molar-refractivity contribution in [2.75, 3.05) is 13.3 Å². The van der Waals surface area contributed by atoms with E-state index >= 15 is 0 Å². The highest BCUT2D eigenvalue weighted by molar-refractivity contribution is 5.99. The quantitative estimate of drug-likeness (QED) is 0.140. The van der Waals surface area contributed by atoms with Gasteiger partial charge in [0.1, 0.15) is 24.0 Å². The summed E-state index contributed by atoms with van der Waals surface area (Å²) in [6.07, 6.45) is 8.84. The van der Waals surface area contributed by atoms with Gasteiger partial charge in [-0.15, -0.1) is 0 Å². The van der Waals surface area contributed by atoms with Crippen LogP contribution in [0.4, 0.5) is 4.39 Å². The number of unbranched alkanes of at least 4 members (excludes halogenated alkanes) is 1. The first-order valence-electron chi connectivity index (χ1n) is 13.4. The van der Waals surface area contributed by atoms with Gasteiger partial charge in [-0.3, -0.25) is 4.79 Å². The SMILES string of the molecule is C=C/C=C\C=C(/CF)c1nc2ccccc2n1CCCCOc1ccc(C(=O)CC(C)C)c(O)c1C.CC. The zero-order valence-corrected chi connectivity index (χ0v) is 23.3. The number of aromatic hydroxyl groups is 1. The Morgan fingerprint density at radius 3 is 2.58 bits per heavy atom. The number of halogens is 1. The van der Waals surface area contributed by atoms with Crippen molar-refractivity contribution in [2.24, 2.45) is 5.92 Å². The van der Waals surface area contributed by atoms with Gasteiger partial charge in [-0.25, -0.2) is 9.37 Å². The number of Topliss-reactive ketones (excluding diaryl/α,β-unsaturated/α-hetero) is 1. The van der Waals surface area contributed by atoms with E-state index in [1.165, 1.54) is 0 Å². The second-order valence-corrected chi connectivity index (χ2v) is 9.18. The third-order valence-corrected chi connectivity index (χ3v) is 5.94. The fourth-order valence-corrected chi connectivity index (χ4v) is 4.07. The number of phenols is 1. The number of imidazole rings is 1. The predicted molar refractivity (Wildman–Crippen MR) is 156 cm³/mol. The van der Waals surface area contributed by atoms with Crippen molar-refractivity contribution in [2.45, 2.75) is 60.4 Å². The van der Waals surface area contributed by atoms with Gasteiger partial charge in [-0.05, 0) is 49.9 Å². The lowest BCUT2D eigenvalue weighted by molar-refractivity contribution is 0.0965. The average molecular weight is 521 g/mol. The van der Waals surface area contributed by atoms with Crippen LogP contribution in [-0.2, 0) is 6.54 Å². The van der Waals surface area contributed by atoms with Crippen LogP contribution in [0.25, 0.3) is 16.6 Å². The van der Waals surface area contributed by atoms with Crippen molar-refractivity contribution in [1.29, 1.82) is 0 Å². The van der Waals surface area contributed by atoms with Crippen LogP contribution in [0.2, 0.25) is 0 Å². The van der Waals surface area contributed by atoms with E-state index in [1.54, 1.807) is 43.4 Å². The summed E-state index contributed by atoms with van der Waals surface area (Å²) in [6, 6.07) is 11.2. The van der Waals surface area contributed by atoms with Crippen molar-refractivity contribution in [3.63, 3.8) is 0 Å². The molecule has 0 radical (unpaired) electrons. The Hall–Kier alpha value is -3.67. The number of ether oxygens (including phenoxy) is 1. The molecule has 5 nitrogen and oxygen atoms in total. The number of aromatic nitrogens is 2. The van der Waals surface area contributed by atoms with Crippen LogP contribution >= 0.6 is 0 Å². The molecule has 0 unspecified atom stereocenters. The van der Waals surface area contributed by atoms with Crippen molar-refractivity contribution in [3.8, 4) is 11.5 Å². The molecule has 204 valence electrons. The molecule has 1 N–H and O–H groups in total. The Morgan fingerprint density at radius 1 is 1.16 bits per heavy atom. The van der Waals surface area contributed by atoms with E-state index in [2.05, 4.69) is 16.1 Å². The number of hydrogen-bond acceptors (Lipinski definition) is 4. The Balaban J connectivity index is 0.00000247. The number of aryl methyl sites for hydroxylation is 1. The summed E-state index contributed by atoms with van der Waals surface area (Å²) in [5.41, 5.74) is 3.21. The molecule has 0 amide bonds. The first-order chi connectivity index (χ1) is 18.4. The first-order valence-corrected chi connectivity index (χ1v) is 13.4. The highest BCUT2D eigenvalue weighted by atomic mass is 19.1. The molecule has 1 heterocycles. The lowest BCUT2D eigenvalue weighted by Gasteiger charge is -2.14. The van der Waals surface area contributed by atoms with Crippen molar-refractivity contribution in [3.05, 3.63) is 84.2 Å². The molecular weight excluding hydrogens is 479 g/mol. The van der Waals surface area contributed by atoms with Gasteiger partial charge in [-0.2, -0.15) is 0 Å². The molecule has 0 saturated carbocycles. The Morgan fingerprint density at radius 2 is 1.89 bits per heavy atom. The van der Waals surface area contributed by atoms with E-state index < -0.39 is 6.67 Å². The van der Waals surface area contributed by atoms with E-state index in [0.29, 0.717) is 47.8 Å². The molecule has 1 aromatic heterocycles. The molecule has 0 saturated heterocycles. The number of carbonyl (C=O) groups is 1. The maximum atomic E-state index is 13.9. The molecule has 6 heteroatoms. The zero-order valence-electron chi connectivity index (χ0n) is 23.3. The van der Waals surface area contributed by atoms with Crippen LogP contribution in [0.3, 0.4) is 0 Å². The van der Waals surface area contributed by atoms with E-state index in [4.69, 9.17) is 4.74 Å². The lowest BCUT2D eigenvalue weighted by Crippen LogP contribution is -2.08. The fourth-order valence-electron chi connectivity index (χ4n) is 4.07. The van der Waals surface area contributed by atoms with Crippen LogP contribution < -0.4 is 4.74 Å². The molecule has 38 heavy (non-hydrogen) atoms. The van der Waals surface area contributed by atoms with E-state index in [9.17, 15) is 14.3 Å². The Bertz CT molecular complexity index is 1270. The molecule has 0 atom stereocenters. The third-order valence-electron chi connectivity index (χ3n) is 5.94. The van der Waals surface area contributed by atoms with Crippen molar-refractivity contribution < 1.29 is 19.0 Å². The number of ketones is 1. The van der Waals surface area contributed by atoms with Crippen LogP contribution in [0.5, 0.6) is 11.5 Å². The monoisotopic (exact) mass is 520 g/mol. The van der Waals surface area contributed by atoms with Gasteiger partial charge in [-0.1, -0.05) is 70.7 Å². The van der Waals surface area contributed by atoms with Gasteiger partial charge in [0.25, 0.3) is 0 Å².